The van der Waals surface area contributed by atoms with Crippen molar-refractivity contribution >= 4 is 95.3 Å². The van der Waals surface area contributed by atoms with Crippen LogP contribution >= 0.6 is 31.7 Å². The molecule has 0 spiro atoms. The van der Waals surface area contributed by atoms with Crippen LogP contribution in [0.2, 0.25) is 0 Å². The average molecular weight is 1280 g/mol. The summed E-state index contributed by atoms with van der Waals surface area (Å²) in [5, 5.41) is 15.8. The Morgan fingerprint density at radius 1 is 0.176 bits per heavy atom. The summed E-state index contributed by atoms with van der Waals surface area (Å²) in [6, 6.07) is 113. The molecule has 12 aromatic carbocycles. The van der Waals surface area contributed by atoms with E-state index in [9.17, 15) is 0 Å². The van der Waals surface area contributed by atoms with Crippen molar-refractivity contribution in [2.24, 2.45) is 0 Å². The molecule has 0 saturated heterocycles. The van der Waals surface area contributed by atoms with Crippen molar-refractivity contribution in [2.75, 3.05) is 28.4 Å². The smallest absolute Gasteiger partial charge is 0.130 e. The first-order valence-electron chi connectivity index (χ1n) is 28.2. The van der Waals surface area contributed by atoms with Gasteiger partial charge in [0.05, 0.1) is 82.4 Å². The molecule has 0 fully saturated rings. The van der Waals surface area contributed by atoms with Crippen LogP contribution < -0.4 is 82.6 Å². The maximum absolute atomic E-state index is 6.18. The zero-order valence-corrected chi connectivity index (χ0v) is 53.5. The Balaban J connectivity index is 0.000000187. The minimum Gasteiger partial charge on any atom is -0.496 e. The van der Waals surface area contributed by atoms with E-state index in [1.165, 1.54) is 63.7 Å². The predicted octanol–water partition coefficient (Wildman–Crippen LogP) is 12.7. The zero-order chi connectivity index (χ0) is 57.5. The molecular weight excluding hydrogens is 1210 g/mol. The molecule has 0 saturated carbocycles. The number of ether oxygens (including phenoxy) is 4. The fraction of sp³-hybridized carbons (Fsp3) is 0.0526. The van der Waals surface area contributed by atoms with Crippen molar-refractivity contribution in [1.82, 2.24) is 0 Å². The van der Waals surface area contributed by atoms with Crippen LogP contribution in [-0.4, -0.2) is 28.4 Å². The summed E-state index contributed by atoms with van der Waals surface area (Å²) in [6.45, 7) is 0. The second-order valence-electron chi connectivity index (χ2n) is 20.0. The summed E-state index contributed by atoms with van der Waals surface area (Å²) < 4.78 is 24.7. The Morgan fingerprint density at radius 3 is 0.447 bits per heavy atom. The Kier molecular flexibility index (Phi) is 21.2. The minimum atomic E-state index is -1.40. The monoisotopic (exact) mass is 1270 g/mol. The van der Waals surface area contributed by atoms with Crippen LogP contribution in [0.1, 0.15) is 0 Å². The zero-order valence-electron chi connectivity index (χ0n) is 48.0. The van der Waals surface area contributed by atoms with E-state index in [1.54, 1.807) is 28.4 Å². The topological polar surface area (TPSA) is 36.9 Å². The minimum absolute atomic E-state index is 0. The van der Waals surface area contributed by atoms with Gasteiger partial charge in [0.25, 0.3) is 0 Å². The molecule has 0 bridgehead atoms. The van der Waals surface area contributed by atoms with Crippen molar-refractivity contribution in [3.8, 4) is 45.3 Å². The predicted molar refractivity (Wildman–Crippen MR) is 370 cm³/mol. The van der Waals surface area contributed by atoms with Gasteiger partial charge in [0.1, 0.15) is 86.7 Å². The van der Waals surface area contributed by atoms with Gasteiger partial charge in [-0.1, -0.05) is 170 Å². The second kappa shape index (κ2) is 29.8. The van der Waals surface area contributed by atoms with Crippen LogP contribution in [0.15, 0.2) is 315 Å². The third kappa shape index (κ3) is 13.5. The van der Waals surface area contributed by atoms with E-state index in [0.29, 0.717) is 0 Å². The van der Waals surface area contributed by atoms with Crippen LogP contribution in [0.5, 0.6) is 23.0 Å². The van der Waals surface area contributed by atoms with Gasteiger partial charge in [0.2, 0.25) is 0 Å². The van der Waals surface area contributed by atoms with Crippen LogP contribution in [0, 0.1) is 0 Å². The van der Waals surface area contributed by atoms with E-state index in [2.05, 4.69) is 315 Å². The molecule has 0 aliphatic rings. The van der Waals surface area contributed by atoms with Crippen molar-refractivity contribution in [1.29, 1.82) is 0 Å². The number of hydrogen-bond acceptors (Lipinski definition) is 4. The number of benzene rings is 12. The van der Waals surface area contributed by atoms with Crippen LogP contribution in [0.3, 0.4) is 0 Å². The molecule has 0 aromatic heterocycles. The first-order chi connectivity index (χ1) is 41.6. The molecule has 0 aliphatic carbocycles. The third-order valence-electron chi connectivity index (χ3n) is 15.1. The fourth-order valence-corrected chi connectivity index (χ4v) is 22.5. The molecule has 12 rings (SSSR count). The average Bonchev–Trinajstić information content (AvgIpc) is 2.42. The van der Waals surface area contributed by atoms with Gasteiger partial charge in [-0.05, 0) is 146 Å². The number of methoxy groups -OCH3 is 4. The molecule has 0 unspecified atom stereocenters. The molecule has 0 radical (unpaired) electrons. The molecular formula is C76H68O4P4Pd+4. The molecule has 422 valence electrons. The van der Waals surface area contributed by atoms with Gasteiger partial charge < -0.3 is 18.9 Å². The van der Waals surface area contributed by atoms with E-state index in [0.717, 1.165) is 45.3 Å². The molecule has 0 aliphatic heterocycles. The van der Waals surface area contributed by atoms with E-state index in [-0.39, 0.29) is 20.4 Å². The summed E-state index contributed by atoms with van der Waals surface area (Å²) in [5.41, 5.74) is 4.46. The fourth-order valence-electron chi connectivity index (χ4n) is 11.4. The molecule has 9 heteroatoms. The van der Waals surface area contributed by atoms with Crippen LogP contribution in [-0.2, 0) is 20.4 Å². The molecule has 4 nitrogen and oxygen atoms in total. The van der Waals surface area contributed by atoms with Crippen molar-refractivity contribution in [3.63, 3.8) is 0 Å². The van der Waals surface area contributed by atoms with Crippen molar-refractivity contribution in [3.05, 3.63) is 315 Å². The van der Waals surface area contributed by atoms with Crippen LogP contribution in [0.4, 0.5) is 0 Å². The van der Waals surface area contributed by atoms with Crippen LogP contribution in [0.25, 0.3) is 22.3 Å². The largest absolute Gasteiger partial charge is 0.496 e. The van der Waals surface area contributed by atoms with E-state index in [1.807, 2.05) is 0 Å². The van der Waals surface area contributed by atoms with Gasteiger partial charge in [-0.2, -0.15) is 0 Å². The summed E-state index contributed by atoms with van der Waals surface area (Å²) >= 11 is 0. The first-order valence-corrected chi connectivity index (χ1v) is 34.2. The Bertz CT molecular complexity index is 3330. The number of hydrogen-bond donors (Lipinski definition) is 0. The summed E-state index contributed by atoms with van der Waals surface area (Å²) in [4.78, 5) is 0. The Labute approximate surface area is 520 Å². The maximum atomic E-state index is 6.18. The van der Waals surface area contributed by atoms with E-state index < -0.39 is 31.7 Å². The molecule has 85 heavy (non-hydrogen) atoms. The quantitative estimate of drug-likeness (QED) is 0.0634. The van der Waals surface area contributed by atoms with Gasteiger partial charge >= 0.3 is 0 Å². The van der Waals surface area contributed by atoms with Gasteiger partial charge in [-0.15, -0.1) is 0 Å². The van der Waals surface area contributed by atoms with Gasteiger partial charge in [-0.3, -0.25) is 0 Å². The van der Waals surface area contributed by atoms with Gasteiger partial charge in [0.15, 0.2) is 0 Å². The molecule has 0 amide bonds. The SMILES string of the molecule is COc1cccc([PH+](c2ccccc2)c2ccccc2)c1-c1c(OC)cccc1[PH+](c1ccccc1)c1ccccc1.COc1cccc([PH+](c2ccccc2)c2ccccc2)c1-c1c(OC)cccc1[PH+](c1ccccc1)c1ccccc1.[Pd]. The van der Waals surface area contributed by atoms with E-state index in [4.69, 9.17) is 18.9 Å². The summed E-state index contributed by atoms with van der Waals surface area (Å²) in [6.07, 6.45) is 0. The molecule has 0 heterocycles. The maximum Gasteiger partial charge on any atom is 0.130 e. The molecule has 0 atom stereocenters. The molecule has 0 N–H and O–H groups in total. The van der Waals surface area contributed by atoms with E-state index >= 15 is 0 Å². The van der Waals surface area contributed by atoms with Gasteiger partial charge in [0, 0.05) is 20.4 Å². The Hall–Kier alpha value is -7.78. The first kappa shape index (κ1) is 60.3. The van der Waals surface area contributed by atoms with Crippen molar-refractivity contribution < 1.29 is 39.4 Å². The standard InChI is InChI=1S/2C38H32O2P2.Pd/c2*1-39-33-25-15-27-35(41(29-17-7-3-8-18-29)30-19-9-4-10-20-30)37(33)38-34(40-2)26-16-28-36(38)42(31-21-11-5-12-22-31)32-23-13-6-14-24-32;/h2*3-28H,1-2H3;/p+4. The van der Waals surface area contributed by atoms with Crippen molar-refractivity contribution in [2.45, 2.75) is 0 Å². The number of rotatable bonds is 18. The third-order valence-corrected chi connectivity index (χ3v) is 26.2. The second-order valence-corrected chi connectivity index (χ2v) is 29.7. The normalized spacial score (nSPS) is 10.9. The molecule has 12 aromatic rings. The summed E-state index contributed by atoms with van der Waals surface area (Å²) in [7, 11) is 1.47. The van der Waals surface area contributed by atoms with Gasteiger partial charge in [-0.25, -0.2) is 0 Å². The summed E-state index contributed by atoms with van der Waals surface area (Å²) in [5.74, 6) is 3.43. The Morgan fingerprint density at radius 2 is 0.318 bits per heavy atom.